The Morgan fingerprint density at radius 1 is 0.923 bits per heavy atom. The highest BCUT2D eigenvalue weighted by atomic mass is 35.5. The fourth-order valence-corrected chi connectivity index (χ4v) is 5.20. The SMILES string of the molecule is CC[C@@H](C)NC(=O)[C@H](Cc1ccccc1)N(Cc1ccccc1Cl)C(=O)CN(c1ccc(Cl)cc1)S(C)(=O)=O. The average molecular weight is 591 g/mol. The molecule has 3 aromatic carbocycles. The van der Waals surface area contributed by atoms with Crippen LogP contribution in [-0.2, 0) is 32.6 Å². The molecule has 0 aliphatic heterocycles. The first kappa shape index (κ1) is 30.5. The van der Waals surface area contributed by atoms with Crippen LogP contribution < -0.4 is 9.62 Å². The Bertz CT molecular complexity index is 1370. The van der Waals surface area contributed by atoms with E-state index in [0.717, 1.165) is 16.1 Å². The second-order valence-corrected chi connectivity index (χ2v) is 12.1. The summed E-state index contributed by atoms with van der Waals surface area (Å²) in [5.41, 5.74) is 1.78. The highest BCUT2D eigenvalue weighted by Gasteiger charge is 2.33. The lowest BCUT2D eigenvalue weighted by molar-refractivity contribution is -0.140. The molecule has 3 rings (SSSR count). The number of sulfonamides is 1. The summed E-state index contributed by atoms with van der Waals surface area (Å²) in [5, 5.41) is 3.87. The molecule has 3 aromatic rings. The van der Waals surface area contributed by atoms with E-state index >= 15 is 0 Å². The van der Waals surface area contributed by atoms with Crippen molar-refractivity contribution in [2.75, 3.05) is 17.1 Å². The van der Waals surface area contributed by atoms with Crippen molar-refractivity contribution in [1.82, 2.24) is 10.2 Å². The van der Waals surface area contributed by atoms with E-state index in [1.165, 1.54) is 17.0 Å². The lowest BCUT2D eigenvalue weighted by Gasteiger charge is -2.34. The smallest absolute Gasteiger partial charge is 0.244 e. The van der Waals surface area contributed by atoms with Crippen molar-refractivity contribution < 1.29 is 18.0 Å². The van der Waals surface area contributed by atoms with Crippen molar-refractivity contribution in [3.8, 4) is 0 Å². The van der Waals surface area contributed by atoms with Crippen LogP contribution in [0.5, 0.6) is 0 Å². The van der Waals surface area contributed by atoms with Crippen molar-refractivity contribution in [3.05, 3.63) is 100 Å². The minimum absolute atomic E-state index is 0.0160. The van der Waals surface area contributed by atoms with Gasteiger partial charge in [0, 0.05) is 29.1 Å². The zero-order valence-corrected chi connectivity index (χ0v) is 24.5. The molecular weight excluding hydrogens is 557 g/mol. The van der Waals surface area contributed by atoms with Crippen molar-refractivity contribution in [2.24, 2.45) is 0 Å². The van der Waals surface area contributed by atoms with Crippen molar-refractivity contribution in [2.45, 2.75) is 45.3 Å². The van der Waals surface area contributed by atoms with Crippen LogP contribution in [0.15, 0.2) is 78.9 Å². The number of nitrogens with one attached hydrogen (secondary N) is 1. The van der Waals surface area contributed by atoms with Gasteiger partial charge in [0.25, 0.3) is 0 Å². The number of hydrogen-bond donors (Lipinski definition) is 1. The highest BCUT2D eigenvalue weighted by molar-refractivity contribution is 7.92. The zero-order valence-electron chi connectivity index (χ0n) is 22.2. The first-order valence-corrected chi connectivity index (χ1v) is 15.2. The maximum absolute atomic E-state index is 14.0. The summed E-state index contributed by atoms with van der Waals surface area (Å²) >= 11 is 12.5. The molecule has 0 fully saturated rings. The van der Waals surface area contributed by atoms with Gasteiger partial charge in [0.05, 0.1) is 11.9 Å². The summed E-state index contributed by atoms with van der Waals surface area (Å²) in [6.07, 6.45) is 1.98. The van der Waals surface area contributed by atoms with Gasteiger partial charge >= 0.3 is 0 Å². The van der Waals surface area contributed by atoms with Gasteiger partial charge in [0.2, 0.25) is 21.8 Å². The summed E-state index contributed by atoms with van der Waals surface area (Å²) in [6, 6.07) is 21.6. The minimum atomic E-state index is -3.85. The molecule has 0 radical (unpaired) electrons. The predicted octanol–water partition coefficient (Wildman–Crippen LogP) is 5.31. The maximum atomic E-state index is 14.0. The van der Waals surface area contributed by atoms with Crippen LogP contribution in [0.2, 0.25) is 10.0 Å². The number of nitrogens with zero attached hydrogens (tertiary/aromatic N) is 2. The molecule has 0 spiro atoms. The van der Waals surface area contributed by atoms with Gasteiger partial charge in [-0.1, -0.05) is 78.7 Å². The van der Waals surface area contributed by atoms with Gasteiger partial charge in [-0.05, 0) is 54.8 Å². The van der Waals surface area contributed by atoms with Gasteiger partial charge in [0.15, 0.2) is 0 Å². The van der Waals surface area contributed by atoms with Crippen LogP contribution in [0.4, 0.5) is 5.69 Å². The van der Waals surface area contributed by atoms with Crippen LogP contribution >= 0.6 is 23.2 Å². The molecule has 2 atom stereocenters. The molecule has 0 unspecified atom stereocenters. The Morgan fingerprint density at radius 3 is 2.13 bits per heavy atom. The van der Waals surface area contributed by atoms with E-state index < -0.39 is 28.5 Å². The van der Waals surface area contributed by atoms with E-state index in [1.54, 1.807) is 36.4 Å². The third-order valence-electron chi connectivity index (χ3n) is 6.36. The Labute approximate surface area is 240 Å². The number of hydrogen-bond acceptors (Lipinski definition) is 4. The molecule has 39 heavy (non-hydrogen) atoms. The molecule has 208 valence electrons. The van der Waals surface area contributed by atoms with Crippen LogP contribution in [0.3, 0.4) is 0 Å². The van der Waals surface area contributed by atoms with Gasteiger partial charge in [-0.15, -0.1) is 0 Å². The van der Waals surface area contributed by atoms with Crippen molar-refractivity contribution >= 4 is 50.7 Å². The Morgan fingerprint density at radius 2 is 1.54 bits per heavy atom. The normalized spacial score (nSPS) is 12.8. The standard InChI is InChI=1S/C29H33Cl2N3O4S/c1-4-21(2)32-29(36)27(18-22-10-6-5-7-11-22)33(19-23-12-8-9-13-26(23)31)28(35)20-34(39(3,37)38)25-16-14-24(30)15-17-25/h5-17,21,27H,4,18-20H2,1-3H3,(H,32,36)/t21-,27+/m1/s1. The van der Waals surface area contributed by atoms with Crippen LogP contribution in [-0.4, -0.2) is 50.0 Å². The molecule has 0 aliphatic rings. The number of anilines is 1. The number of carbonyl (C=O) groups is 2. The van der Waals surface area contributed by atoms with Crippen molar-refractivity contribution in [3.63, 3.8) is 0 Å². The zero-order chi connectivity index (χ0) is 28.6. The average Bonchev–Trinajstić information content (AvgIpc) is 2.90. The molecule has 7 nitrogen and oxygen atoms in total. The topological polar surface area (TPSA) is 86.8 Å². The fraction of sp³-hybridized carbons (Fsp3) is 0.310. The van der Waals surface area contributed by atoms with Gasteiger partial charge in [-0.3, -0.25) is 13.9 Å². The lowest BCUT2D eigenvalue weighted by atomic mass is 10.0. The molecule has 0 aliphatic carbocycles. The largest absolute Gasteiger partial charge is 0.352 e. The quantitative estimate of drug-likeness (QED) is 0.310. The van der Waals surface area contributed by atoms with E-state index in [-0.39, 0.29) is 30.6 Å². The number of benzene rings is 3. The molecule has 0 aromatic heterocycles. The summed E-state index contributed by atoms with van der Waals surface area (Å²) in [4.78, 5) is 29.1. The molecule has 10 heteroatoms. The van der Waals surface area contributed by atoms with Crippen LogP contribution in [0.25, 0.3) is 0 Å². The highest BCUT2D eigenvalue weighted by Crippen LogP contribution is 2.24. The van der Waals surface area contributed by atoms with Crippen molar-refractivity contribution in [1.29, 1.82) is 0 Å². The summed E-state index contributed by atoms with van der Waals surface area (Å²) in [5.74, 6) is -0.874. The van der Waals surface area contributed by atoms with E-state index in [1.807, 2.05) is 44.2 Å². The van der Waals surface area contributed by atoms with E-state index in [0.29, 0.717) is 22.0 Å². The fourth-order valence-electron chi connectivity index (χ4n) is 4.03. The molecule has 0 saturated heterocycles. The molecule has 0 heterocycles. The number of carbonyl (C=O) groups excluding carboxylic acids is 2. The second kappa shape index (κ2) is 13.8. The van der Waals surface area contributed by atoms with Crippen LogP contribution in [0, 0.1) is 0 Å². The Hall–Kier alpha value is -3.07. The van der Waals surface area contributed by atoms with E-state index in [2.05, 4.69) is 5.32 Å². The molecule has 2 amide bonds. The molecule has 0 bridgehead atoms. The lowest BCUT2D eigenvalue weighted by Crippen LogP contribution is -2.54. The van der Waals surface area contributed by atoms with Gasteiger partial charge in [-0.2, -0.15) is 0 Å². The maximum Gasteiger partial charge on any atom is 0.244 e. The van der Waals surface area contributed by atoms with Crippen LogP contribution in [0.1, 0.15) is 31.4 Å². The summed E-state index contributed by atoms with van der Waals surface area (Å²) in [7, 11) is -3.85. The minimum Gasteiger partial charge on any atom is -0.352 e. The summed E-state index contributed by atoms with van der Waals surface area (Å²) in [6.45, 7) is 3.36. The monoisotopic (exact) mass is 589 g/mol. The van der Waals surface area contributed by atoms with Gasteiger partial charge in [-0.25, -0.2) is 8.42 Å². The molecule has 1 N–H and O–H groups in total. The second-order valence-electron chi connectivity index (χ2n) is 9.38. The Kier molecular flexibility index (Phi) is 10.8. The first-order chi connectivity index (χ1) is 18.5. The number of halogens is 2. The summed E-state index contributed by atoms with van der Waals surface area (Å²) < 4.78 is 26.6. The van der Waals surface area contributed by atoms with E-state index in [4.69, 9.17) is 23.2 Å². The van der Waals surface area contributed by atoms with E-state index in [9.17, 15) is 18.0 Å². The third-order valence-corrected chi connectivity index (χ3v) is 8.13. The molecule has 0 saturated carbocycles. The Balaban J connectivity index is 2.06. The van der Waals surface area contributed by atoms with Gasteiger partial charge in [0.1, 0.15) is 12.6 Å². The first-order valence-electron chi connectivity index (χ1n) is 12.6. The van der Waals surface area contributed by atoms with Gasteiger partial charge < -0.3 is 10.2 Å². The number of amides is 2. The predicted molar refractivity (Wildman–Crippen MR) is 157 cm³/mol. The third kappa shape index (κ3) is 8.71. The molecular formula is C29H33Cl2N3O4S. The number of rotatable bonds is 12.